The highest BCUT2D eigenvalue weighted by Crippen LogP contribution is 2.29. The molecule has 1 rings (SSSR count). The van der Waals surface area contributed by atoms with Gasteiger partial charge in [0.15, 0.2) is 0 Å². The lowest BCUT2D eigenvalue weighted by atomic mass is 10.3. The number of sulfonamides is 1. The molecule has 1 aliphatic rings. The topological polar surface area (TPSA) is 70.0 Å². The highest BCUT2D eigenvalue weighted by molar-refractivity contribution is 7.89. The summed E-state index contributed by atoms with van der Waals surface area (Å²) in [6.45, 7) is 0.391. The second-order valence-corrected chi connectivity index (χ2v) is 5.23. The van der Waals surface area contributed by atoms with E-state index in [1.807, 2.05) is 6.07 Å². The molecule has 1 fully saturated rings. The molecule has 0 radical (unpaired) electrons. The lowest BCUT2D eigenvalue weighted by Gasteiger charge is -2.03. The van der Waals surface area contributed by atoms with E-state index in [0.717, 1.165) is 12.8 Å². The molecule has 0 bridgehead atoms. The fourth-order valence-electron chi connectivity index (χ4n) is 1.05. The van der Waals surface area contributed by atoms with E-state index in [0.29, 0.717) is 25.3 Å². The largest absolute Gasteiger partial charge is 0.215 e. The third-order valence-corrected chi connectivity index (χ3v) is 3.49. The second kappa shape index (κ2) is 4.58. The van der Waals surface area contributed by atoms with Gasteiger partial charge in [-0.25, -0.2) is 13.1 Å². The van der Waals surface area contributed by atoms with Crippen molar-refractivity contribution in [1.82, 2.24) is 4.72 Å². The Kier molecular flexibility index (Phi) is 3.70. The van der Waals surface area contributed by atoms with Crippen molar-refractivity contribution >= 4 is 10.0 Å². The molecule has 0 spiro atoms. The van der Waals surface area contributed by atoms with Gasteiger partial charge < -0.3 is 0 Å². The van der Waals surface area contributed by atoms with Gasteiger partial charge in [-0.15, -0.1) is 0 Å². The third-order valence-electron chi connectivity index (χ3n) is 1.94. The molecule has 0 aromatic carbocycles. The van der Waals surface area contributed by atoms with Crippen molar-refractivity contribution in [2.75, 3.05) is 12.3 Å². The van der Waals surface area contributed by atoms with E-state index in [1.54, 1.807) is 0 Å². The van der Waals surface area contributed by atoms with Crippen LogP contribution in [0.3, 0.4) is 0 Å². The van der Waals surface area contributed by atoms with Gasteiger partial charge in [0.25, 0.3) is 0 Å². The SMILES string of the molecule is N#CCCCNS(=O)(=O)CC1CC1. The first-order valence-corrected chi connectivity index (χ1v) is 6.13. The minimum atomic E-state index is -3.06. The summed E-state index contributed by atoms with van der Waals surface area (Å²) in [5, 5.41) is 8.22. The molecule has 0 heterocycles. The van der Waals surface area contributed by atoms with Gasteiger partial charge >= 0.3 is 0 Å². The van der Waals surface area contributed by atoms with E-state index in [4.69, 9.17) is 5.26 Å². The number of hydrogen-bond donors (Lipinski definition) is 1. The molecule has 1 saturated carbocycles. The van der Waals surface area contributed by atoms with Crippen LogP contribution in [-0.2, 0) is 10.0 Å². The molecule has 74 valence electrons. The second-order valence-electron chi connectivity index (χ2n) is 3.38. The first kappa shape index (κ1) is 10.5. The van der Waals surface area contributed by atoms with Gasteiger partial charge in [-0.2, -0.15) is 5.26 Å². The highest BCUT2D eigenvalue weighted by Gasteiger charge is 2.27. The van der Waals surface area contributed by atoms with Gasteiger partial charge in [0, 0.05) is 13.0 Å². The molecule has 0 saturated heterocycles. The quantitative estimate of drug-likeness (QED) is 0.642. The van der Waals surface area contributed by atoms with Crippen molar-refractivity contribution in [1.29, 1.82) is 5.26 Å². The van der Waals surface area contributed by atoms with E-state index >= 15 is 0 Å². The van der Waals surface area contributed by atoms with E-state index < -0.39 is 10.0 Å². The maximum Gasteiger partial charge on any atom is 0.211 e. The molecule has 1 N–H and O–H groups in total. The number of nitrogens with zero attached hydrogens (tertiary/aromatic N) is 1. The summed E-state index contributed by atoms with van der Waals surface area (Å²) >= 11 is 0. The van der Waals surface area contributed by atoms with E-state index in [9.17, 15) is 8.42 Å². The summed E-state index contributed by atoms with van der Waals surface area (Å²) in [6.07, 6.45) is 3.09. The van der Waals surface area contributed by atoms with E-state index in [-0.39, 0.29) is 5.75 Å². The lowest BCUT2D eigenvalue weighted by molar-refractivity contribution is 0.576. The fraction of sp³-hybridized carbons (Fsp3) is 0.875. The van der Waals surface area contributed by atoms with Crippen LogP contribution in [0.2, 0.25) is 0 Å². The summed E-state index contributed by atoms with van der Waals surface area (Å²) in [5.41, 5.74) is 0. The van der Waals surface area contributed by atoms with Crippen molar-refractivity contribution in [2.24, 2.45) is 5.92 Å². The first-order chi connectivity index (χ1) is 6.14. The Morgan fingerprint density at radius 3 is 2.69 bits per heavy atom. The Morgan fingerprint density at radius 2 is 2.15 bits per heavy atom. The monoisotopic (exact) mass is 202 g/mol. The van der Waals surface area contributed by atoms with Crippen LogP contribution in [0.15, 0.2) is 0 Å². The van der Waals surface area contributed by atoms with Gasteiger partial charge in [0.2, 0.25) is 10.0 Å². The first-order valence-electron chi connectivity index (χ1n) is 4.48. The van der Waals surface area contributed by atoms with E-state index in [2.05, 4.69) is 4.72 Å². The smallest absolute Gasteiger partial charge is 0.211 e. The Labute approximate surface area is 79.0 Å². The summed E-state index contributed by atoms with van der Waals surface area (Å²) in [5.74, 6) is 0.646. The molecule has 0 aromatic rings. The van der Waals surface area contributed by atoms with Crippen LogP contribution in [0.1, 0.15) is 25.7 Å². The number of rotatable bonds is 6. The molecule has 0 aromatic heterocycles. The van der Waals surface area contributed by atoms with Crippen LogP contribution < -0.4 is 4.72 Å². The van der Waals surface area contributed by atoms with Crippen molar-refractivity contribution in [3.63, 3.8) is 0 Å². The van der Waals surface area contributed by atoms with Crippen molar-refractivity contribution in [3.8, 4) is 6.07 Å². The van der Waals surface area contributed by atoms with Crippen LogP contribution in [0.25, 0.3) is 0 Å². The maximum atomic E-state index is 11.3. The zero-order chi connectivity index (χ0) is 9.73. The van der Waals surface area contributed by atoms with Gasteiger partial charge in [-0.3, -0.25) is 0 Å². The molecule has 1 aliphatic carbocycles. The molecular weight excluding hydrogens is 188 g/mol. The van der Waals surface area contributed by atoms with Gasteiger partial charge in [0.1, 0.15) is 0 Å². The Morgan fingerprint density at radius 1 is 1.46 bits per heavy atom. The number of nitriles is 1. The number of unbranched alkanes of at least 4 members (excludes halogenated alkanes) is 1. The highest BCUT2D eigenvalue weighted by atomic mass is 32.2. The zero-order valence-corrected chi connectivity index (χ0v) is 8.31. The predicted molar refractivity (Wildman–Crippen MR) is 49.4 cm³/mol. The molecule has 0 aliphatic heterocycles. The Balaban J connectivity index is 2.14. The molecule has 0 unspecified atom stereocenters. The van der Waals surface area contributed by atoms with Crippen LogP contribution in [0.4, 0.5) is 0 Å². The normalized spacial score (nSPS) is 16.8. The third kappa shape index (κ3) is 4.86. The van der Waals surface area contributed by atoms with Crippen molar-refractivity contribution in [2.45, 2.75) is 25.7 Å². The van der Waals surface area contributed by atoms with E-state index in [1.165, 1.54) is 0 Å². The molecule has 0 atom stereocenters. The van der Waals surface area contributed by atoms with Crippen molar-refractivity contribution < 1.29 is 8.42 Å². The van der Waals surface area contributed by atoms with Crippen molar-refractivity contribution in [3.05, 3.63) is 0 Å². The molecule has 4 nitrogen and oxygen atoms in total. The minimum absolute atomic E-state index is 0.263. The zero-order valence-electron chi connectivity index (χ0n) is 7.49. The number of hydrogen-bond acceptors (Lipinski definition) is 3. The molecule has 5 heteroatoms. The summed E-state index contributed by atoms with van der Waals surface area (Å²) in [7, 11) is -3.06. The lowest BCUT2D eigenvalue weighted by Crippen LogP contribution is -2.28. The van der Waals surface area contributed by atoms with Crippen LogP contribution in [-0.4, -0.2) is 20.7 Å². The molecular formula is C8H14N2O2S. The predicted octanol–water partition coefficient (Wildman–Crippen LogP) is 0.620. The molecule has 0 amide bonds. The summed E-state index contributed by atoms with van der Waals surface area (Å²) in [4.78, 5) is 0. The van der Waals surface area contributed by atoms with Crippen LogP contribution in [0.5, 0.6) is 0 Å². The fourth-order valence-corrected chi connectivity index (χ4v) is 2.58. The van der Waals surface area contributed by atoms with Gasteiger partial charge in [-0.05, 0) is 25.2 Å². The number of nitrogens with one attached hydrogen (secondary N) is 1. The average molecular weight is 202 g/mol. The summed E-state index contributed by atoms with van der Waals surface area (Å²) < 4.78 is 25.0. The van der Waals surface area contributed by atoms with Crippen LogP contribution >= 0.6 is 0 Å². The van der Waals surface area contributed by atoms with Gasteiger partial charge in [0.05, 0.1) is 11.8 Å². The van der Waals surface area contributed by atoms with Crippen LogP contribution in [0, 0.1) is 17.2 Å². The minimum Gasteiger partial charge on any atom is -0.215 e. The standard InChI is InChI=1S/C8H14N2O2S/c9-5-1-2-6-10-13(11,12)7-8-3-4-8/h8,10H,1-4,6-7H2. The Hall–Kier alpha value is -0.600. The van der Waals surface area contributed by atoms with Gasteiger partial charge in [-0.1, -0.05) is 0 Å². The Bertz CT molecular complexity index is 288. The maximum absolute atomic E-state index is 11.3. The average Bonchev–Trinajstić information content (AvgIpc) is 2.81. The summed E-state index contributed by atoms with van der Waals surface area (Å²) in [6, 6.07) is 1.97. The molecule has 13 heavy (non-hydrogen) atoms.